The highest BCUT2D eigenvalue weighted by atomic mass is 35.5. The van der Waals surface area contributed by atoms with Crippen LogP contribution >= 0.6 is 11.6 Å². The molecule has 0 aliphatic carbocycles. The molecule has 0 spiro atoms. The first-order valence-electron chi connectivity index (χ1n) is 6.13. The van der Waals surface area contributed by atoms with Gasteiger partial charge in [0.25, 0.3) is 0 Å². The first-order chi connectivity index (χ1) is 9.20. The highest BCUT2D eigenvalue weighted by Gasteiger charge is 2.20. The largest absolute Gasteiger partial charge is 0.482 e. The summed E-state index contributed by atoms with van der Waals surface area (Å²) in [5.41, 5.74) is 7.13. The smallest absolute Gasteiger partial charge is 0.140 e. The number of nitrogens with two attached hydrogens (primary N) is 1. The quantitative estimate of drug-likeness (QED) is 0.913. The van der Waals surface area contributed by atoms with E-state index in [-0.39, 0.29) is 12.1 Å². The SMILES string of the molecule is CCC(N)C(Oc1cncc(Cl)c1)c1ccncc1. The van der Waals surface area contributed by atoms with Crippen molar-refractivity contribution in [2.45, 2.75) is 25.5 Å². The minimum Gasteiger partial charge on any atom is -0.482 e. The monoisotopic (exact) mass is 277 g/mol. The summed E-state index contributed by atoms with van der Waals surface area (Å²) >= 11 is 5.90. The predicted molar refractivity (Wildman–Crippen MR) is 75.1 cm³/mol. The Bertz CT molecular complexity index is 521. The van der Waals surface area contributed by atoms with Gasteiger partial charge in [0.2, 0.25) is 0 Å². The van der Waals surface area contributed by atoms with Crippen molar-refractivity contribution in [3.8, 4) is 5.75 Å². The Balaban J connectivity index is 2.24. The Hall–Kier alpha value is -1.65. The Morgan fingerprint density at radius 2 is 2.00 bits per heavy atom. The molecule has 2 N–H and O–H groups in total. The average molecular weight is 278 g/mol. The Kier molecular flexibility index (Phi) is 4.71. The van der Waals surface area contributed by atoms with Crippen molar-refractivity contribution in [3.05, 3.63) is 53.6 Å². The summed E-state index contributed by atoms with van der Waals surface area (Å²) in [6, 6.07) is 5.42. The van der Waals surface area contributed by atoms with Crippen LogP contribution in [0.3, 0.4) is 0 Å². The summed E-state index contributed by atoms with van der Waals surface area (Å²) < 4.78 is 5.93. The molecule has 2 unspecified atom stereocenters. The van der Waals surface area contributed by atoms with E-state index >= 15 is 0 Å². The zero-order valence-electron chi connectivity index (χ0n) is 10.7. The lowest BCUT2D eigenvalue weighted by Gasteiger charge is -2.24. The first-order valence-corrected chi connectivity index (χ1v) is 6.51. The summed E-state index contributed by atoms with van der Waals surface area (Å²) in [7, 11) is 0. The summed E-state index contributed by atoms with van der Waals surface area (Å²) in [4.78, 5) is 8.01. The third kappa shape index (κ3) is 3.66. The van der Waals surface area contributed by atoms with E-state index in [2.05, 4.69) is 9.97 Å². The van der Waals surface area contributed by atoms with Gasteiger partial charge in [-0.05, 0) is 24.1 Å². The molecule has 2 heterocycles. The van der Waals surface area contributed by atoms with Crippen molar-refractivity contribution in [1.29, 1.82) is 0 Å². The Morgan fingerprint density at radius 1 is 1.26 bits per heavy atom. The molecule has 0 amide bonds. The molecule has 0 aromatic carbocycles. The number of halogens is 1. The Morgan fingerprint density at radius 3 is 2.63 bits per heavy atom. The molecule has 19 heavy (non-hydrogen) atoms. The van der Waals surface area contributed by atoms with E-state index in [1.807, 2.05) is 19.1 Å². The van der Waals surface area contributed by atoms with Crippen molar-refractivity contribution in [3.63, 3.8) is 0 Å². The lowest BCUT2D eigenvalue weighted by atomic mass is 10.0. The number of pyridine rings is 2. The first kappa shape index (κ1) is 13.8. The summed E-state index contributed by atoms with van der Waals surface area (Å²) in [6.07, 6.45) is 7.21. The number of rotatable bonds is 5. The third-order valence-electron chi connectivity index (χ3n) is 2.84. The van der Waals surface area contributed by atoms with Crippen molar-refractivity contribution in [1.82, 2.24) is 9.97 Å². The summed E-state index contributed by atoms with van der Waals surface area (Å²) in [5.74, 6) is 0.609. The molecule has 0 fully saturated rings. The molecule has 5 heteroatoms. The van der Waals surface area contributed by atoms with E-state index < -0.39 is 0 Å². The summed E-state index contributed by atoms with van der Waals surface area (Å²) in [6.45, 7) is 2.03. The van der Waals surface area contributed by atoms with Gasteiger partial charge in [0.1, 0.15) is 11.9 Å². The number of hydrogen-bond donors (Lipinski definition) is 1. The molecule has 2 aromatic rings. The second-order valence-electron chi connectivity index (χ2n) is 4.23. The van der Waals surface area contributed by atoms with E-state index in [9.17, 15) is 0 Å². The fourth-order valence-electron chi connectivity index (χ4n) is 1.77. The van der Waals surface area contributed by atoms with E-state index in [0.717, 1.165) is 12.0 Å². The maximum atomic E-state index is 6.14. The van der Waals surface area contributed by atoms with Crippen LogP contribution in [0.15, 0.2) is 43.0 Å². The van der Waals surface area contributed by atoms with Crippen LogP contribution in [-0.2, 0) is 0 Å². The molecule has 0 aliphatic heterocycles. The van der Waals surface area contributed by atoms with Crippen LogP contribution in [0.1, 0.15) is 25.0 Å². The van der Waals surface area contributed by atoms with E-state index in [0.29, 0.717) is 10.8 Å². The van der Waals surface area contributed by atoms with Gasteiger partial charge in [-0.2, -0.15) is 0 Å². The zero-order valence-corrected chi connectivity index (χ0v) is 11.4. The van der Waals surface area contributed by atoms with Gasteiger partial charge >= 0.3 is 0 Å². The van der Waals surface area contributed by atoms with Crippen LogP contribution in [0.5, 0.6) is 5.75 Å². The molecule has 2 aromatic heterocycles. The second kappa shape index (κ2) is 6.50. The van der Waals surface area contributed by atoms with Crippen LogP contribution < -0.4 is 10.5 Å². The molecule has 0 bridgehead atoms. The minimum atomic E-state index is -0.242. The lowest BCUT2D eigenvalue weighted by molar-refractivity contribution is 0.170. The maximum absolute atomic E-state index is 6.14. The van der Waals surface area contributed by atoms with Gasteiger partial charge in [-0.1, -0.05) is 18.5 Å². The van der Waals surface area contributed by atoms with Gasteiger partial charge in [0, 0.05) is 30.7 Å². The average Bonchev–Trinajstić information content (AvgIpc) is 2.45. The van der Waals surface area contributed by atoms with Crippen molar-refractivity contribution in [2.24, 2.45) is 5.73 Å². The highest BCUT2D eigenvalue weighted by molar-refractivity contribution is 6.30. The third-order valence-corrected chi connectivity index (χ3v) is 3.04. The molecule has 0 aliphatic rings. The van der Waals surface area contributed by atoms with Gasteiger partial charge < -0.3 is 10.5 Å². The molecule has 100 valence electrons. The van der Waals surface area contributed by atoms with Crippen LogP contribution in [-0.4, -0.2) is 16.0 Å². The van der Waals surface area contributed by atoms with E-state index in [4.69, 9.17) is 22.1 Å². The fraction of sp³-hybridized carbons (Fsp3) is 0.286. The molecule has 0 saturated carbocycles. The maximum Gasteiger partial charge on any atom is 0.140 e. The van der Waals surface area contributed by atoms with Crippen molar-refractivity contribution >= 4 is 11.6 Å². The van der Waals surface area contributed by atoms with Crippen LogP contribution in [0, 0.1) is 0 Å². The van der Waals surface area contributed by atoms with Crippen LogP contribution in [0.25, 0.3) is 0 Å². The van der Waals surface area contributed by atoms with Crippen molar-refractivity contribution in [2.75, 3.05) is 0 Å². The molecular weight excluding hydrogens is 262 g/mol. The Labute approximate surface area is 117 Å². The molecule has 2 rings (SSSR count). The molecule has 4 nitrogen and oxygen atoms in total. The van der Waals surface area contributed by atoms with Gasteiger partial charge in [-0.15, -0.1) is 0 Å². The summed E-state index contributed by atoms with van der Waals surface area (Å²) in [5, 5.41) is 0.538. The number of nitrogens with zero attached hydrogens (tertiary/aromatic N) is 2. The highest BCUT2D eigenvalue weighted by Crippen LogP contribution is 2.26. The molecule has 2 atom stereocenters. The van der Waals surface area contributed by atoms with E-state index in [1.165, 1.54) is 0 Å². The second-order valence-corrected chi connectivity index (χ2v) is 4.67. The van der Waals surface area contributed by atoms with Gasteiger partial charge in [-0.25, -0.2) is 0 Å². The van der Waals surface area contributed by atoms with Crippen molar-refractivity contribution < 1.29 is 4.74 Å². The fourth-order valence-corrected chi connectivity index (χ4v) is 1.94. The lowest BCUT2D eigenvalue weighted by Crippen LogP contribution is -2.31. The molecular formula is C14H16ClN3O. The van der Waals surface area contributed by atoms with Crippen LogP contribution in [0.2, 0.25) is 5.02 Å². The predicted octanol–water partition coefficient (Wildman–Crippen LogP) is 2.99. The van der Waals surface area contributed by atoms with Gasteiger partial charge in [0.05, 0.1) is 11.2 Å². The topological polar surface area (TPSA) is 61.0 Å². The molecule has 0 radical (unpaired) electrons. The number of hydrogen-bond acceptors (Lipinski definition) is 4. The minimum absolute atomic E-state index is 0.110. The van der Waals surface area contributed by atoms with Gasteiger partial charge in [-0.3, -0.25) is 9.97 Å². The van der Waals surface area contributed by atoms with E-state index in [1.54, 1.807) is 30.9 Å². The van der Waals surface area contributed by atoms with Crippen LogP contribution in [0.4, 0.5) is 0 Å². The van der Waals surface area contributed by atoms with Gasteiger partial charge in [0.15, 0.2) is 0 Å². The number of ether oxygens (including phenoxy) is 1. The standard InChI is InChI=1S/C14H16ClN3O/c1-2-13(16)14(10-3-5-17-6-4-10)19-12-7-11(15)8-18-9-12/h3-9,13-14H,2,16H2,1H3. The zero-order chi connectivity index (χ0) is 13.7. The molecule has 0 saturated heterocycles. The normalized spacial score (nSPS) is 13.8. The number of aromatic nitrogens is 2.